The highest BCUT2D eigenvalue weighted by Gasteiger charge is 2.22. The van der Waals surface area contributed by atoms with Crippen LogP contribution in [0.25, 0.3) is 11.4 Å². The van der Waals surface area contributed by atoms with Crippen molar-refractivity contribution in [3.8, 4) is 11.4 Å². The SMILES string of the molecule is c1ccc(COC2CCCN(c3nccc(-c4ccccn4)n3)C2)nc1. The van der Waals surface area contributed by atoms with Crippen molar-refractivity contribution in [2.75, 3.05) is 18.0 Å². The molecule has 4 rings (SSSR count). The van der Waals surface area contributed by atoms with Gasteiger partial charge in [-0.05, 0) is 43.2 Å². The van der Waals surface area contributed by atoms with E-state index in [4.69, 9.17) is 9.72 Å². The molecule has 26 heavy (non-hydrogen) atoms. The average Bonchev–Trinajstić information content (AvgIpc) is 2.74. The molecular weight excluding hydrogens is 326 g/mol. The summed E-state index contributed by atoms with van der Waals surface area (Å²) in [6.45, 7) is 2.27. The summed E-state index contributed by atoms with van der Waals surface area (Å²) >= 11 is 0. The van der Waals surface area contributed by atoms with E-state index in [2.05, 4.69) is 19.9 Å². The van der Waals surface area contributed by atoms with Crippen LogP contribution in [0.2, 0.25) is 0 Å². The molecule has 1 saturated heterocycles. The van der Waals surface area contributed by atoms with E-state index < -0.39 is 0 Å². The second-order valence-electron chi connectivity index (χ2n) is 6.30. The molecule has 3 aromatic heterocycles. The molecule has 1 aliphatic rings. The van der Waals surface area contributed by atoms with Crippen LogP contribution in [0.15, 0.2) is 61.1 Å². The first-order valence-electron chi connectivity index (χ1n) is 8.89. The average molecular weight is 347 g/mol. The smallest absolute Gasteiger partial charge is 0.225 e. The third-order valence-corrected chi connectivity index (χ3v) is 4.42. The number of piperidine rings is 1. The molecule has 0 amide bonds. The van der Waals surface area contributed by atoms with Gasteiger partial charge in [0, 0.05) is 31.7 Å². The molecule has 4 heterocycles. The van der Waals surface area contributed by atoms with Gasteiger partial charge in [-0.25, -0.2) is 9.97 Å². The maximum atomic E-state index is 6.06. The maximum absolute atomic E-state index is 6.06. The monoisotopic (exact) mass is 347 g/mol. The summed E-state index contributed by atoms with van der Waals surface area (Å²) in [7, 11) is 0. The van der Waals surface area contributed by atoms with Crippen LogP contribution in [0.1, 0.15) is 18.5 Å². The molecule has 3 aromatic rings. The lowest BCUT2D eigenvalue weighted by Crippen LogP contribution is -2.40. The Hall–Kier alpha value is -2.86. The van der Waals surface area contributed by atoms with E-state index >= 15 is 0 Å². The third-order valence-electron chi connectivity index (χ3n) is 4.42. The fourth-order valence-electron chi connectivity index (χ4n) is 3.10. The van der Waals surface area contributed by atoms with Gasteiger partial charge in [0.2, 0.25) is 5.95 Å². The maximum Gasteiger partial charge on any atom is 0.225 e. The Balaban J connectivity index is 1.43. The first kappa shape index (κ1) is 16.6. The molecule has 1 unspecified atom stereocenters. The van der Waals surface area contributed by atoms with Crippen LogP contribution in [0, 0.1) is 0 Å². The lowest BCUT2D eigenvalue weighted by atomic mass is 10.1. The highest BCUT2D eigenvalue weighted by molar-refractivity contribution is 5.55. The Labute approximate surface area is 152 Å². The summed E-state index contributed by atoms with van der Waals surface area (Å²) in [5.41, 5.74) is 2.65. The van der Waals surface area contributed by atoms with Crippen molar-refractivity contribution < 1.29 is 4.74 Å². The summed E-state index contributed by atoms with van der Waals surface area (Å²) in [5, 5.41) is 0. The Morgan fingerprint density at radius 1 is 0.923 bits per heavy atom. The first-order valence-corrected chi connectivity index (χ1v) is 8.89. The molecule has 0 N–H and O–H groups in total. The second-order valence-corrected chi connectivity index (χ2v) is 6.30. The van der Waals surface area contributed by atoms with Crippen molar-refractivity contribution in [3.63, 3.8) is 0 Å². The predicted molar refractivity (Wildman–Crippen MR) is 99.5 cm³/mol. The number of rotatable bonds is 5. The second kappa shape index (κ2) is 8.01. The molecule has 0 aliphatic carbocycles. The lowest BCUT2D eigenvalue weighted by molar-refractivity contribution is 0.0295. The number of ether oxygens (including phenoxy) is 1. The highest BCUT2D eigenvalue weighted by Crippen LogP contribution is 2.21. The Morgan fingerprint density at radius 3 is 2.62 bits per heavy atom. The van der Waals surface area contributed by atoms with E-state index in [0.29, 0.717) is 6.61 Å². The normalized spacial score (nSPS) is 17.2. The first-order chi connectivity index (χ1) is 12.9. The molecule has 1 aliphatic heterocycles. The summed E-state index contributed by atoms with van der Waals surface area (Å²) in [4.78, 5) is 20.0. The van der Waals surface area contributed by atoms with Gasteiger partial charge in [0.25, 0.3) is 0 Å². The summed E-state index contributed by atoms with van der Waals surface area (Å²) in [5.74, 6) is 0.735. The largest absolute Gasteiger partial charge is 0.370 e. The molecule has 6 heteroatoms. The third kappa shape index (κ3) is 4.03. The summed E-state index contributed by atoms with van der Waals surface area (Å²) < 4.78 is 6.06. The molecule has 0 bridgehead atoms. The predicted octanol–water partition coefficient (Wildman–Crippen LogP) is 3.12. The van der Waals surface area contributed by atoms with Crippen LogP contribution in [0.5, 0.6) is 0 Å². The van der Waals surface area contributed by atoms with Gasteiger partial charge in [-0.3, -0.25) is 9.97 Å². The highest BCUT2D eigenvalue weighted by atomic mass is 16.5. The molecule has 0 spiro atoms. The minimum atomic E-state index is 0.160. The Bertz CT molecular complexity index is 828. The van der Waals surface area contributed by atoms with E-state index in [-0.39, 0.29) is 6.10 Å². The van der Waals surface area contributed by atoms with Crippen molar-refractivity contribution in [3.05, 3.63) is 66.7 Å². The summed E-state index contributed by atoms with van der Waals surface area (Å²) in [6.07, 6.45) is 7.63. The fraction of sp³-hybridized carbons (Fsp3) is 0.300. The molecule has 1 atom stereocenters. The number of pyridine rings is 2. The van der Waals surface area contributed by atoms with Crippen molar-refractivity contribution >= 4 is 5.95 Å². The zero-order valence-corrected chi connectivity index (χ0v) is 14.5. The van der Waals surface area contributed by atoms with E-state index in [1.807, 2.05) is 42.5 Å². The van der Waals surface area contributed by atoms with Gasteiger partial charge in [0.05, 0.1) is 29.8 Å². The van der Waals surface area contributed by atoms with Crippen molar-refractivity contribution in [2.45, 2.75) is 25.6 Å². The molecule has 0 radical (unpaired) electrons. The quantitative estimate of drug-likeness (QED) is 0.707. The number of anilines is 1. The van der Waals surface area contributed by atoms with Crippen LogP contribution >= 0.6 is 0 Å². The van der Waals surface area contributed by atoms with Crippen LogP contribution < -0.4 is 4.90 Å². The number of aromatic nitrogens is 4. The number of nitrogens with zero attached hydrogens (tertiary/aromatic N) is 5. The molecule has 6 nitrogen and oxygen atoms in total. The van der Waals surface area contributed by atoms with Crippen LogP contribution in [-0.2, 0) is 11.3 Å². The van der Waals surface area contributed by atoms with Gasteiger partial charge in [0.1, 0.15) is 0 Å². The topological polar surface area (TPSA) is 64.0 Å². The van der Waals surface area contributed by atoms with Gasteiger partial charge < -0.3 is 9.64 Å². The van der Waals surface area contributed by atoms with Gasteiger partial charge in [-0.15, -0.1) is 0 Å². The zero-order valence-electron chi connectivity index (χ0n) is 14.5. The van der Waals surface area contributed by atoms with Gasteiger partial charge in [-0.2, -0.15) is 0 Å². The lowest BCUT2D eigenvalue weighted by Gasteiger charge is -2.32. The van der Waals surface area contributed by atoms with Crippen LogP contribution in [-0.4, -0.2) is 39.1 Å². The number of hydrogen-bond donors (Lipinski definition) is 0. The molecule has 1 fully saturated rings. The number of hydrogen-bond acceptors (Lipinski definition) is 6. The van der Waals surface area contributed by atoms with Crippen LogP contribution in [0.4, 0.5) is 5.95 Å². The van der Waals surface area contributed by atoms with Crippen LogP contribution in [0.3, 0.4) is 0 Å². The van der Waals surface area contributed by atoms with E-state index in [1.165, 1.54) is 0 Å². The summed E-state index contributed by atoms with van der Waals surface area (Å²) in [6, 6.07) is 13.6. The van der Waals surface area contributed by atoms with Gasteiger partial charge in [-0.1, -0.05) is 12.1 Å². The fourth-order valence-corrected chi connectivity index (χ4v) is 3.10. The molecular formula is C20H21N5O. The van der Waals surface area contributed by atoms with Gasteiger partial charge in [0.15, 0.2) is 0 Å². The van der Waals surface area contributed by atoms with E-state index in [1.54, 1.807) is 18.6 Å². The minimum Gasteiger partial charge on any atom is -0.370 e. The standard InChI is InChI=1S/C20H21N5O/c1-3-10-21-16(6-1)15-26-17-7-5-13-25(14-17)20-23-12-9-19(24-20)18-8-2-4-11-22-18/h1-4,6,8-12,17H,5,7,13-15H2. The molecule has 0 saturated carbocycles. The Kier molecular flexibility index (Phi) is 5.12. The van der Waals surface area contributed by atoms with Gasteiger partial charge >= 0.3 is 0 Å². The van der Waals surface area contributed by atoms with E-state index in [9.17, 15) is 0 Å². The molecule has 0 aromatic carbocycles. The zero-order chi connectivity index (χ0) is 17.6. The van der Waals surface area contributed by atoms with Crippen molar-refractivity contribution in [1.82, 2.24) is 19.9 Å². The van der Waals surface area contributed by atoms with Crippen molar-refractivity contribution in [2.24, 2.45) is 0 Å². The molecule has 132 valence electrons. The van der Waals surface area contributed by atoms with Crippen molar-refractivity contribution in [1.29, 1.82) is 0 Å². The Morgan fingerprint density at radius 2 is 1.81 bits per heavy atom. The van der Waals surface area contributed by atoms with E-state index in [0.717, 1.165) is 49.0 Å². The minimum absolute atomic E-state index is 0.160.